The van der Waals surface area contributed by atoms with E-state index in [9.17, 15) is 4.79 Å². The number of ether oxygens (including phenoxy) is 3. The van der Waals surface area contributed by atoms with Crippen molar-refractivity contribution in [2.75, 3.05) is 41.0 Å². The molecule has 0 saturated carbocycles. The van der Waals surface area contributed by atoms with E-state index >= 15 is 0 Å². The fourth-order valence-corrected chi connectivity index (χ4v) is 2.74. The molecule has 1 heterocycles. The van der Waals surface area contributed by atoms with E-state index in [4.69, 9.17) is 26.4 Å². The van der Waals surface area contributed by atoms with Crippen molar-refractivity contribution in [1.82, 2.24) is 10.6 Å². The van der Waals surface area contributed by atoms with Crippen LogP contribution in [0, 0.1) is 5.92 Å². The van der Waals surface area contributed by atoms with Gasteiger partial charge in [0, 0.05) is 25.4 Å². The Labute approximate surface area is 152 Å². The normalized spacial score (nSPS) is 15.5. The van der Waals surface area contributed by atoms with E-state index in [1.165, 1.54) is 0 Å². The molecule has 0 aliphatic carbocycles. The second-order valence-electron chi connectivity index (χ2n) is 5.42. The minimum Gasteiger partial charge on any atom is -0.496 e. The summed E-state index contributed by atoms with van der Waals surface area (Å²) in [5.74, 6) is 0.698. The van der Waals surface area contributed by atoms with Crippen molar-refractivity contribution in [3.05, 3.63) is 22.7 Å². The number of fused-ring (bicyclic) bond motifs is 1. The molecule has 0 saturated heterocycles. The average Bonchev–Trinajstić information content (AvgIpc) is 2.61. The van der Waals surface area contributed by atoms with Gasteiger partial charge >= 0.3 is 0 Å². The third-order valence-electron chi connectivity index (χ3n) is 3.82. The molecule has 0 spiro atoms. The highest BCUT2D eigenvalue weighted by Crippen LogP contribution is 2.14. The number of nitrogens with zero attached hydrogens (tertiary/aromatic N) is 1. The number of amides is 1. The van der Waals surface area contributed by atoms with E-state index < -0.39 is 0 Å². The number of carbonyl (C=O) groups excluding carboxylic acids is 1. The topological polar surface area (TPSA) is 81.2 Å². The Morgan fingerprint density at radius 2 is 1.84 bits per heavy atom. The second-order valence-corrected chi connectivity index (χ2v) is 5.83. The number of thiocarbonyl (C=S) groups is 1. The van der Waals surface area contributed by atoms with Crippen LogP contribution < -0.4 is 30.7 Å². The van der Waals surface area contributed by atoms with Crippen molar-refractivity contribution in [2.45, 2.75) is 6.42 Å². The Kier molecular flexibility index (Phi) is 7.15. The van der Waals surface area contributed by atoms with Crippen molar-refractivity contribution in [2.24, 2.45) is 10.9 Å². The van der Waals surface area contributed by atoms with E-state index in [0.29, 0.717) is 48.1 Å². The molecule has 1 aromatic rings. The molecule has 1 unspecified atom stereocenters. The molecular weight excluding hydrogens is 342 g/mol. The first-order valence-electron chi connectivity index (χ1n) is 7.96. The monoisotopic (exact) mass is 365 g/mol. The zero-order valence-electron chi connectivity index (χ0n) is 14.6. The van der Waals surface area contributed by atoms with Crippen LogP contribution in [0.15, 0.2) is 17.1 Å². The molecule has 1 aliphatic rings. The van der Waals surface area contributed by atoms with E-state index in [1.54, 1.807) is 27.4 Å². The Balaban J connectivity index is 2.06. The zero-order valence-corrected chi connectivity index (χ0v) is 15.4. The molecule has 2 N–H and O–H groups in total. The maximum absolute atomic E-state index is 12.3. The Morgan fingerprint density at radius 3 is 2.52 bits per heavy atom. The van der Waals surface area contributed by atoms with Gasteiger partial charge in [-0.3, -0.25) is 4.79 Å². The number of hydrogen-bond donors (Lipinski definition) is 2. The van der Waals surface area contributed by atoms with Crippen LogP contribution in [0.2, 0.25) is 0 Å². The van der Waals surface area contributed by atoms with Gasteiger partial charge in [-0.2, -0.15) is 0 Å². The lowest BCUT2D eigenvalue weighted by Crippen LogP contribution is -2.39. The summed E-state index contributed by atoms with van der Waals surface area (Å²) in [5, 5.41) is 7.95. The molecule has 7 nitrogen and oxygen atoms in total. The van der Waals surface area contributed by atoms with Gasteiger partial charge in [-0.15, -0.1) is 0 Å². The quantitative estimate of drug-likeness (QED) is 0.486. The third-order valence-corrected chi connectivity index (χ3v) is 4.11. The minimum atomic E-state index is -0.331. The number of rotatable bonds is 8. The molecule has 8 heteroatoms. The summed E-state index contributed by atoms with van der Waals surface area (Å²) < 4.78 is 15.6. The van der Waals surface area contributed by atoms with E-state index in [1.807, 2.05) is 12.1 Å². The van der Waals surface area contributed by atoms with E-state index in [-0.39, 0.29) is 11.8 Å². The lowest BCUT2D eigenvalue weighted by molar-refractivity contribution is -0.120. The molecule has 2 rings (SSSR count). The van der Waals surface area contributed by atoms with Crippen LogP contribution in [0.4, 0.5) is 0 Å². The van der Waals surface area contributed by atoms with Gasteiger partial charge in [-0.05, 0) is 30.8 Å². The predicted molar refractivity (Wildman–Crippen MR) is 98.4 cm³/mol. The van der Waals surface area contributed by atoms with Crippen LogP contribution >= 0.6 is 12.2 Å². The maximum atomic E-state index is 12.3. The van der Waals surface area contributed by atoms with E-state index in [2.05, 4.69) is 15.6 Å². The summed E-state index contributed by atoms with van der Waals surface area (Å²) in [6.07, 6.45) is 2.46. The van der Waals surface area contributed by atoms with Crippen LogP contribution in [-0.4, -0.2) is 52.0 Å². The fraction of sp³-hybridized carbons (Fsp3) is 0.471. The van der Waals surface area contributed by atoms with Crippen molar-refractivity contribution in [3.63, 3.8) is 0 Å². The molecule has 1 atom stereocenters. The summed E-state index contributed by atoms with van der Waals surface area (Å²) in [7, 11) is 4.77. The highest BCUT2D eigenvalue weighted by Gasteiger charge is 2.21. The van der Waals surface area contributed by atoms with Crippen LogP contribution in [0.5, 0.6) is 11.5 Å². The van der Waals surface area contributed by atoms with Gasteiger partial charge in [0.05, 0.1) is 26.7 Å². The SMILES string of the molecule is COCCNC(=S)NCCC1C=c2c(OC)ccc(OC)c2=NC1=O. The molecule has 1 amide bonds. The smallest absolute Gasteiger partial charge is 0.253 e. The molecule has 136 valence electrons. The Morgan fingerprint density at radius 1 is 1.16 bits per heavy atom. The van der Waals surface area contributed by atoms with E-state index in [0.717, 1.165) is 5.22 Å². The molecule has 1 aromatic carbocycles. The molecular formula is C17H23N3O4S. The first-order chi connectivity index (χ1) is 12.1. The lowest BCUT2D eigenvalue weighted by atomic mass is 9.99. The third kappa shape index (κ3) is 4.90. The van der Waals surface area contributed by atoms with Gasteiger partial charge in [0.25, 0.3) is 5.91 Å². The van der Waals surface area contributed by atoms with Crippen molar-refractivity contribution >= 4 is 29.3 Å². The van der Waals surface area contributed by atoms with Gasteiger partial charge in [-0.25, -0.2) is 4.99 Å². The number of benzene rings is 1. The van der Waals surface area contributed by atoms with Gasteiger partial charge in [-0.1, -0.05) is 6.08 Å². The van der Waals surface area contributed by atoms with Crippen LogP contribution in [-0.2, 0) is 9.53 Å². The average molecular weight is 365 g/mol. The van der Waals surface area contributed by atoms with Crippen molar-refractivity contribution in [3.8, 4) is 11.5 Å². The highest BCUT2D eigenvalue weighted by molar-refractivity contribution is 7.80. The summed E-state index contributed by atoms with van der Waals surface area (Å²) in [6, 6.07) is 3.55. The fourth-order valence-electron chi connectivity index (χ4n) is 2.53. The van der Waals surface area contributed by atoms with Gasteiger partial charge in [0.15, 0.2) is 5.11 Å². The van der Waals surface area contributed by atoms with Gasteiger partial charge < -0.3 is 24.8 Å². The van der Waals surface area contributed by atoms with Crippen LogP contribution in [0.25, 0.3) is 6.08 Å². The van der Waals surface area contributed by atoms with Crippen LogP contribution in [0.3, 0.4) is 0 Å². The number of hydrogen-bond acceptors (Lipinski definition) is 5. The predicted octanol–water partition coefficient (Wildman–Crippen LogP) is -0.239. The standard InChI is InChI=1S/C17H23N3O4S/c1-22-9-8-19-17(25)18-7-6-11-10-12-13(23-2)4-5-14(24-3)15(12)20-16(11)21/h4-5,10-11H,6-9H2,1-3H3,(H2,18,19,25). The summed E-state index contributed by atoms with van der Waals surface area (Å²) in [6.45, 7) is 1.77. The second kappa shape index (κ2) is 9.33. The molecule has 0 aromatic heterocycles. The van der Waals surface area contributed by atoms with Crippen molar-refractivity contribution in [1.29, 1.82) is 0 Å². The first kappa shape index (κ1) is 19.1. The van der Waals surface area contributed by atoms with Crippen LogP contribution in [0.1, 0.15) is 6.42 Å². The van der Waals surface area contributed by atoms with Gasteiger partial charge in [0.2, 0.25) is 0 Å². The Hall–Kier alpha value is -2.19. The maximum Gasteiger partial charge on any atom is 0.253 e. The summed E-state index contributed by atoms with van der Waals surface area (Å²) >= 11 is 5.17. The Bertz CT molecular complexity index is 751. The minimum absolute atomic E-state index is 0.195. The van der Waals surface area contributed by atoms with Crippen molar-refractivity contribution < 1.29 is 19.0 Å². The molecule has 1 aliphatic heterocycles. The lowest BCUT2D eigenvalue weighted by Gasteiger charge is -2.16. The molecule has 25 heavy (non-hydrogen) atoms. The number of carbonyl (C=O) groups is 1. The zero-order chi connectivity index (χ0) is 18.2. The molecule has 0 bridgehead atoms. The highest BCUT2D eigenvalue weighted by atomic mass is 32.1. The summed E-state index contributed by atoms with van der Waals surface area (Å²) in [4.78, 5) is 16.5. The number of methoxy groups -OCH3 is 3. The molecule has 0 radical (unpaired) electrons. The van der Waals surface area contributed by atoms with Gasteiger partial charge in [0.1, 0.15) is 16.9 Å². The molecule has 0 fully saturated rings. The number of nitrogens with one attached hydrogen (secondary N) is 2. The summed E-state index contributed by atoms with van der Waals surface area (Å²) in [5.41, 5.74) is 0. The first-order valence-corrected chi connectivity index (χ1v) is 8.37. The largest absolute Gasteiger partial charge is 0.496 e.